The van der Waals surface area contributed by atoms with E-state index in [0.29, 0.717) is 27.1 Å². The van der Waals surface area contributed by atoms with Crippen molar-refractivity contribution in [1.82, 2.24) is 5.32 Å². The molecule has 140 valence electrons. The average Bonchev–Trinajstić information content (AvgIpc) is 3.17. The number of carbonyl (C=O) groups is 1. The molecule has 1 amide bonds. The summed E-state index contributed by atoms with van der Waals surface area (Å²) in [6, 6.07) is 19.8. The highest BCUT2D eigenvalue weighted by Gasteiger charge is 2.15. The molecule has 6 heteroatoms. The van der Waals surface area contributed by atoms with Gasteiger partial charge in [0.05, 0.1) is 16.1 Å². The second-order valence-corrected chi connectivity index (χ2v) is 6.86. The predicted octanol–water partition coefficient (Wildman–Crippen LogP) is 6.04. The van der Waals surface area contributed by atoms with E-state index in [4.69, 9.17) is 27.6 Å². The molecule has 1 atom stereocenters. The Kier molecular flexibility index (Phi) is 6.20. The second kappa shape index (κ2) is 8.79. The molecule has 0 radical (unpaired) electrons. The van der Waals surface area contributed by atoms with Crippen LogP contribution in [0.15, 0.2) is 70.7 Å². The topological polar surface area (TPSA) is 66.0 Å². The van der Waals surface area contributed by atoms with E-state index in [1.807, 2.05) is 43.3 Å². The van der Waals surface area contributed by atoms with Crippen LogP contribution in [0.4, 0.5) is 0 Å². The van der Waals surface area contributed by atoms with Crippen molar-refractivity contribution in [2.45, 2.75) is 13.0 Å². The number of nitriles is 1. The van der Waals surface area contributed by atoms with E-state index in [1.165, 1.54) is 6.08 Å². The highest BCUT2D eigenvalue weighted by atomic mass is 35.5. The van der Waals surface area contributed by atoms with E-state index in [-0.39, 0.29) is 11.6 Å². The summed E-state index contributed by atoms with van der Waals surface area (Å²) in [6.07, 6.45) is 1.40. The number of rotatable bonds is 5. The van der Waals surface area contributed by atoms with Crippen molar-refractivity contribution in [2.24, 2.45) is 0 Å². The van der Waals surface area contributed by atoms with Gasteiger partial charge >= 0.3 is 0 Å². The Hall–Kier alpha value is -3.00. The third-order valence-corrected chi connectivity index (χ3v) is 4.96. The SMILES string of the molecule is C[C@@H](NC(=O)/C(C#N)=C/c1ccc(-c2cccc(Cl)c2Cl)o1)c1ccccc1. The molecule has 0 spiro atoms. The lowest BCUT2D eigenvalue weighted by molar-refractivity contribution is -0.117. The van der Waals surface area contributed by atoms with Crippen LogP contribution in [0.3, 0.4) is 0 Å². The zero-order valence-electron chi connectivity index (χ0n) is 14.9. The first-order chi connectivity index (χ1) is 13.5. The first kappa shape index (κ1) is 19.8. The summed E-state index contributed by atoms with van der Waals surface area (Å²) in [5.41, 5.74) is 1.53. The number of nitrogens with zero attached hydrogens (tertiary/aromatic N) is 1. The molecule has 4 nitrogen and oxygen atoms in total. The smallest absolute Gasteiger partial charge is 0.262 e. The molecule has 0 unspecified atom stereocenters. The van der Waals surface area contributed by atoms with Gasteiger partial charge in [0.25, 0.3) is 5.91 Å². The number of nitrogens with one attached hydrogen (secondary N) is 1. The van der Waals surface area contributed by atoms with Crippen molar-refractivity contribution < 1.29 is 9.21 Å². The number of furan rings is 1. The number of benzene rings is 2. The van der Waals surface area contributed by atoms with Gasteiger partial charge in [-0.1, -0.05) is 59.6 Å². The summed E-state index contributed by atoms with van der Waals surface area (Å²) < 4.78 is 5.73. The van der Waals surface area contributed by atoms with Crippen LogP contribution in [0, 0.1) is 11.3 Å². The maximum absolute atomic E-state index is 12.5. The minimum atomic E-state index is -0.474. The van der Waals surface area contributed by atoms with Crippen LogP contribution in [-0.2, 0) is 4.79 Å². The lowest BCUT2D eigenvalue weighted by Gasteiger charge is -2.13. The lowest BCUT2D eigenvalue weighted by Crippen LogP contribution is -2.27. The molecule has 0 aliphatic carbocycles. The van der Waals surface area contributed by atoms with Crippen LogP contribution in [0.5, 0.6) is 0 Å². The van der Waals surface area contributed by atoms with Gasteiger partial charge in [-0.15, -0.1) is 0 Å². The molecule has 3 rings (SSSR count). The Bertz CT molecular complexity index is 1070. The molecule has 28 heavy (non-hydrogen) atoms. The van der Waals surface area contributed by atoms with Gasteiger partial charge in [-0.25, -0.2) is 0 Å². The first-order valence-corrected chi connectivity index (χ1v) is 9.27. The molecular formula is C22H16Cl2N2O2. The molecule has 0 aliphatic heterocycles. The molecule has 0 bridgehead atoms. The highest BCUT2D eigenvalue weighted by Crippen LogP contribution is 2.34. The van der Waals surface area contributed by atoms with Gasteiger partial charge in [-0.2, -0.15) is 5.26 Å². The number of hydrogen-bond acceptors (Lipinski definition) is 3. The first-order valence-electron chi connectivity index (χ1n) is 8.51. The summed E-state index contributed by atoms with van der Waals surface area (Å²) in [6.45, 7) is 1.86. The molecule has 3 aromatic rings. The Morgan fingerprint density at radius 2 is 1.86 bits per heavy atom. The van der Waals surface area contributed by atoms with E-state index in [1.54, 1.807) is 30.3 Å². The number of carbonyl (C=O) groups excluding carboxylic acids is 1. The van der Waals surface area contributed by atoms with Crippen LogP contribution < -0.4 is 5.32 Å². The van der Waals surface area contributed by atoms with Crippen molar-refractivity contribution in [1.29, 1.82) is 5.26 Å². The highest BCUT2D eigenvalue weighted by molar-refractivity contribution is 6.43. The van der Waals surface area contributed by atoms with Crippen molar-refractivity contribution in [2.75, 3.05) is 0 Å². The quantitative estimate of drug-likeness (QED) is 0.411. The summed E-state index contributed by atoms with van der Waals surface area (Å²) in [7, 11) is 0. The van der Waals surface area contributed by atoms with E-state index < -0.39 is 5.91 Å². The van der Waals surface area contributed by atoms with E-state index in [2.05, 4.69) is 5.32 Å². The minimum Gasteiger partial charge on any atom is -0.457 e. The number of amides is 1. The molecule has 1 heterocycles. The molecule has 0 aliphatic rings. The fourth-order valence-electron chi connectivity index (χ4n) is 2.66. The normalized spacial score (nSPS) is 12.3. The van der Waals surface area contributed by atoms with Crippen LogP contribution >= 0.6 is 23.2 Å². The van der Waals surface area contributed by atoms with Crippen molar-refractivity contribution >= 4 is 35.2 Å². The standard InChI is InChI=1S/C22H16Cl2N2O2/c1-14(15-6-3-2-4-7-15)26-22(27)16(13-25)12-17-10-11-20(28-17)18-8-5-9-19(23)21(18)24/h2-12,14H,1H3,(H,26,27)/b16-12+/t14-/m1/s1. The zero-order chi connectivity index (χ0) is 20.1. The molecule has 0 fully saturated rings. The Labute approximate surface area is 173 Å². The molecule has 1 aromatic heterocycles. The molecule has 2 aromatic carbocycles. The molecule has 0 saturated carbocycles. The molecular weight excluding hydrogens is 395 g/mol. The largest absolute Gasteiger partial charge is 0.457 e. The van der Waals surface area contributed by atoms with Crippen molar-refractivity contribution in [3.8, 4) is 17.4 Å². The lowest BCUT2D eigenvalue weighted by atomic mass is 10.1. The minimum absolute atomic E-state index is 0.0547. The third-order valence-electron chi connectivity index (χ3n) is 4.14. The fourth-order valence-corrected chi connectivity index (χ4v) is 3.05. The van der Waals surface area contributed by atoms with Crippen LogP contribution in [0.1, 0.15) is 24.3 Å². The van der Waals surface area contributed by atoms with Gasteiger partial charge in [0.2, 0.25) is 0 Å². The molecule has 0 saturated heterocycles. The van der Waals surface area contributed by atoms with Gasteiger partial charge in [0, 0.05) is 11.6 Å². The van der Waals surface area contributed by atoms with E-state index in [0.717, 1.165) is 5.56 Å². The van der Waals surface area contributed by atoms with Crippen LogP contribution in [0.2, 0.25) is 10.0 Å². The maximum Gasteiger partial charge on any atom is 0.262 e. The Balaban J connectivity index is 1.80. The van der Waals surface area contributed by atoms with Gasteiger partial charge in [0.1, 0.15) is 23.2 Å². The Morgan fingerprint density at radius 1 is 1.11 bits per heavy atom. The average molecular weight is 411 g/mol. The fraction of sp³-hybridized carbons (Fsp3) is 0.0909. The summed E-state index contributed by atoms with van der Waals surface area (Å²) in [4.78, 5) is 12.5. The second-order valence-electron chi connectivity index (χ2n) is 6.08. The summed E-state index contributed by atoms with van der Waals surface area (Å²) in [5.74, 6) is 0.386. The summed E-state index contributed by atoms with van der Waals surface area (Å²) >= 11 is 12.2. The monoisotopic (exact) mass is 410 g/mol. The predicted molar refractivity (Wildman–Crippen MR) is 111 cm³/mol. The third kappa shape index (κ3) is 4.45. The van der Waals surface area contributed by atoms with Gasteiger partial charge in [-0.3, -0.25) is 4.79 Å². The van der Waals surface area contributed by atoms with Crippen LogP contribution in [-0.4, -0.2) is 5.91 Å². The van der Waals surface area contributed by atoms with E-state index >= 15 is 0 Å². The van der Waals surface area contributed by atoms with Crippen molar-refractivity contribution in [3.63, 3.8) is 0 Å². The maximum atomic E-state index is 12.5. The number of halogens is 2. The summed E-state index contributed by atoms with van der Waals surface area (Å²) in [5, 5.41) is 13.0. The van der Waals surface area contributed by atoms with Gasteiger partial charge in [-0.05, 0) is 36.8 Å². The van der Waals surface area contributed by atoms with Crippen molar-refractivity contribution in [3.05, 3.63) is 87.6 Å². The zero-order valence-corrected chi connectivity index (χ0v) is 16.5. The van der Waals surface area contributed by atoms with Gasteiger partial charge < -0.3 is 9.73 Å². The Morgan fingerprint density at radius 3 is 2.57 bits per heavy atom. The van der Waals surface area contributed by atoms with E-state index in [9.17, 15) is 10.1 Å². The van der Waals surface area contributed by atoms with Crippen LogP contribution in [0.25, 0.3) is 17.4 Å². The molecule has 1 N–H and O–H groups in total. The van der Waals surface area contributed by atoms with Gasteiger partial charge in [0.15, 0.2) is 0 Å². The number of hydrogen-bond donors (Lipinski definition) is 1.